The number of nitrogens with one attached hydrogen (secondary N) is 2. The SMILES string of the molecule is COCCOc1ccccc1C(=O)NC(=S)Nc1cccc(C(=O)N(C)C)c1. The van der Waals surface area contributed by atoms with E-state index in [2.05, 4.69) is 10.6 Å². The van der Waals surface area contributed by atoms with Crippen molar-refractivity contribution < 1.29 is 19.1 Å². The largest absolute Gasteiger partial charge is 0.490 e. The lowest BCUT2D eigenvalue weighted by atomic mass is 10.2. The molecule has 0 aliphatic heterocycles. The molecule has 0 aromatic heterocycles. The van der Waals surface area contributed by atoms with Crippen LogP contribution in [0.25, 0.3) is 0 Å². The lowest BCUT2D eigenvalue weighted by molar-refractivity contribution is 0.0827. The number of para-hydroxylation sites is 1. The summed E-state index contributed by atoms with van der Waals surface area (Å²) >= 11 is 5.22. The van der Waals surface area contributed by atoms with Gasteiger partial charge in [0.15, 0.2) is 5.11 Å². The highest BCUT2D eigenvalue weighted by Gasteiger charge is 2.14. The Labute approximate surface area is 169 Å². The number of hydrogen-bond donors (Lipinski definition) is 2. The van der Waals surface area contributed by atoms with Gasteiger partial charge in [-0.15, -0.1) is 0 Å². The Balaban J connectivity index is 2.03. The molecule has 0 bridgehead atoms. The van der Waals surface area contributed by atoms with Gasteiger partial charge in [-0.2, -0.15) is 0 Å². The Morgan fingerprint density at radius 2 is 1.82 bits per heavy atom. The molecule has 148 valence electrons. The van der Waals surface area contributed by atoms with Gasteiger partial charge < -0.3 is 19.7 Å². The fourth-order valence-corrected chi connectivity index (χ4v) is 2.55. The van der Waals surface area contributed by atoms with Gasteiger partial charge in [0, 0.05) is 32.5 Å². The van der Waals surface area contributed by atoms with Crippen molar-refractivity contribution >= 4 is 34.8 Å². The summed E-state index contributed by atoms with van der Waals surface area (Å²) < 4.78 is 10.5. The van der Waals surface area contributed by atoms with Crippen molar-refractivity contribution in [3.63, 3.8) is 0 Å². The molecular formula is C20H23N3O4S. The van der Waals surface area contributed by atoms with Gasteiger partial charge in [0.25, 0.3) is 11.8 Å². The zero-order valence-electron chi connectivity index (χ0n) is 16.0. The number of thiocarbonyl (C=S) groups is 1. The fraction of sp³-hybridized carbons (Fsp3) is 0.250. The van der Waals surface area contributed by atoms with Crippen LogP contribution in [0.4, 0.5) is 5.69 Å². The third-order valence-electron chi connectivity index (χ3n) is 3.68. The minimum atomic E-state index is -0.397. The highest BCUT2D eigenvalue weighted by molar-refractivity contribution is 7.80. The summed E-state index contributed by atoms with van der Waals surface area (Å²) in [5, 5.41) is 5.66. The van der Waals surface area contributed by atoms with Gasteiger partial charge in [0.05, 0.1) is 12.2 Å². The Hall–Kier alpha value is -2.97. The van der Waals surface area contributed by atoms with Crippen LogP contribution in [0.15, 0.2) is 48.5 Å². The first-order chi connectivity index (χ1) is 13.4. The van der Waals surface area contributed by atoms with E-state index in [9.17, 15) is 9.59 Å². The first kappa shape index (κ1) is 21.3. The molecule has 0 saturated carbocycles. The molecule has 0 aliphatic rings. The Bertz CT molecular complexity index is 855. The summed E-state index contributed by atoms with van der Waals surface area (Å²) in [7, 11) is 4.94. The van der Waals surface area contributed by atoms with E-state index in [1.54, 1.807) is 69.7 Å². The average molecular weight is 401 g/mol. The standard InChI is InChI=1S/C20H23N3O4S/c1-23(2)19(25)14-7-6-8-15(13-14)21-20(28)22-18(24)16-9-4-5-10-17(16)27-12-11-26-3/h4-10,13H,11-12H2,1-3H3,(H2,21,22,24,28). The molecule has 2 aromatic carbocycles. The van der Waals surface area contributed by atoms with Crippen molar-refractivity contribution in [1.29, 1.82) is 0 Å². The molecule has 2 amide bonds. The Morgan fingerprint density at radius 3 is 2.54 bits per heavy atom. The zero-order chi connectivity index (χ0) is 20.5. The van der Waals surface area contributed by atoms with Gasteiger partial charge in [-0.05, 0) is 42.5 Å². The average Bonchev–Trinajstić information content (AvgIpc) is 2.68. The lowest BCUT2D eigenvalue weighted by Gasteiger charge is -2.14. The van der Waals surface area contributed by atoms with E-state index >= 15 is 0 Å². The smallest absolute Gasteiger partial charge is 0.261 e. The number of ether oxygens (including phenoxy) is 2. The number of rotatable bonds is 7. The molecule has 0 aliphatic carbocycles. The van der Waals surface area contributed by atoms with Crippen LogP contribution in [0.1, 0.15) is 20.7 Å². The maximum atomic E-state index is 12.6. The molecule has 0 saturated heterocycles. The van der Waals surface area contributed by atoms with E-state index in [-0.39, 0.29) is 11.0 Å². The molecule has 0 fully saturated rings. The van der Waals surface area contributed by atoms with Gasteiger partial charge in [0.2, 0.25) is 0 Å². The van der Waals surface area contributed by atoms with Crippen molar-refractivity contribution in [3.05, 3.63) is 59.7 Å². The maximum absolute atomic E-state index is 12.6. The number of carbonyl (C=O) groups is 2. The summed E-state index contributed by atoms with van der Waals surface area (Å²) in [5.41, 5.74) is 1.47. The Morgan fingerprint density at radius 1 is 1.07 bits per heavy atom. The van der Waals surface area contributed by atoms with E-state index in [1.807, 2.05) is 0 Å². The minimum Gasteiger partial charge on any atom is -0.490 e. The molecule has 0 atom stereocenters. The van der Waals surface area contributed by atoms with Crippen LogP contribution in [-0.4, -0.2) is 56.2 Å². The summed E-state index contributed by atoms with van der Waals surface area (Å²) in [6.45, 7) is 0.744. The predicted molar refractivity (Wildman–Crippen MR) is 112 cm³/mol. The van der Waals surface area contributed by atoms with Crippen LogP contribution in [0.5, 0.6) is 5.75 Å². The first-order valence-electron chi connectivity index (χ1n) is 8.57. The Kier molecular flexibility index (Phi) is 7.91. The van der Waals surface area contributed by atoms with E-state index < -0.39 is 5.91 Å². The summed E-state index contributed by atoms with van der Waals surface area (Å²) in [6.07, 6.45) is 0. The molecule has 28 heavy (non-hydrogen) atoms. The van der Waals surface area contributed by atoms with Gasteiger partial charge in [-0.3, -0.25) is 14.9 Å². The molecule has 0 unspecified atom stereocenters. The molecule has 8 heteroatoms. The van der Waals surface area contributed by atoms with Crippen LogP contribution in [0, 0.1) is 0 Å². The lowest BCUT2D eigenvalue weighted by Crippen LogP contribution is -2.34. The number of nitrogens with zero attached hydrogens (tertiary/aromatic N) is 1. The third-order valence-corrected chi connectivity index (χ3v) is 3.88. The number of methoxy groups -OCH3 is 1. The normalized spacial score (nSPS) is 10.1. The quantitative estimate of drug-likeness (QED) is 0.548. The second kappa shape index (κ2) is 10.4. The van der Waals surface area contributed by atoms with Crippen molar-refractivity contribution in [1.82, 2.24) is 10.2 Å². The van der Waals surface area contributed by atoms with E-state index in [0.717, 1.165) is 0 Å². The van der Waals surface area contributed by atoms with Crippen molar-refractivity contribution in [3.8, 4) is 5.75 Å². The molecule has 7 nitrogen and oxygen atoms in total. The van der Waals surface area contributed by atoms with Crippen LogP contribution in [0.2, 0.25) is 0 Å². The second-order valence-electron chi connectivity index (χ2n) is 6.03. The predicted octanol–water partition coefficient (Wildman–Crippen LogP) is 2.54. The van der Waals surface area contributed by atoms with E-state index in [1.165, 1.54) is 4.90 Å². The number of amides is 2. The van der Waals surface area contributed by atoms with Crippen molar-refractivity contribution in [2.24, 2.45) is 0 Å². The highest BCUT2D eigenvalue weighted by atomic mass is 32.1. The highest BCUT2D eigenvalue weighted by Crippen LogP contribution is 2.18. The topological polar surface area (TPSA) is 79.9 Å². The number of anilines is 1. The number of carbonyl (C=O) groups excluding carboxylic acids is 2. The van der Waals surface area contributed by atoms with Crippen LogP contribution in [-0.2, 0) is 4.74 Å². The first-order valence-corrected chi connectivity index (χ1v) is 8.98. The molecule has 2 N–H and O–H groups in total. The van der Waals surface area contributed by atoms with E-state index in [0.29, 0.717) is 35.8 Å². The molecule has 2 aromatic rings. The van der Waals surface area contributed by atoms with Crippen LogP contribution < -0.4 is 15.4 Å². The maximum Gasteiger partial charge on any atom is 0.261 e. The fourth-order valence-electron chi connectivity index (χ4n) is 2.34. The molecule has 0 radical (unpaired) electrons. The van der Waals surface area contributed by atoms with Crippen molar-refractivity contribution in [2.75, 3.05) is 39.7 Å². The van der Waals surface area contributed by atoms with Crippen molar-refractivity contribution in [2.45, 2.75) is 0 Å². The van der Waals surface area contributed by atoms with Gasteiger partial charge in [-0.25, -0.2) is 0 Å². The number of hydrogen-bond acceptors (Lipinski definition) is 5. The monoisotopic (exact) mass is 401 g/mol. The number of benzene rings is 2. The van der Waals surface area contributed by atoms with Gasteiger partial charge in [-0.1, -0.05) is 18.2 Å². The minimum absolute atomic E-state index is 0.117. The third kappa shape index (κ3) is 6.04. The zero-order valence-corrected chi connectivity index (χ0v) is 16.8. The molecule has 0 spiro atoms. The second-order valence-corrected chi connectivity index (χ2v) is 6.43. The summed E-state index contributed by atoms with van der Waals surface area (Å²) in [5.74, 6) is -0.0785. The molecular weight excluding hydrogens is 378 g/mol. The van der Waals surface area contributed by atoms with Gasteiger partial charge >= 0.3 is 0 Å². The summed E-state index contributed by atoms with van der Waals surface area (Å²) in [6, 6.07) is 13.8. The van der Waals surface area contributed by atoms with E-state index in [4.69, 9.17) is 21.7 Å². The van der Waals surface area contributed by atoms with Crippen LogP contribution in [0.3, 0.4) is 0 Å². The van der Waals surface area contributed by atoms with Gasteiger partial charge in [0.1, 0.15) is 12.4 Å². The molecule has 0 heterocycles. The van der Waals surface area contributed by atoms with Crippen LogP contribution >= 0.6 is 12.2 Å². The molecule has 2 rings (SSSR count). The summed E-state index contributed by atoms with van der Waals surface area (Å²) in [4.78, 5) is 26.1.